The first-order valence-corrected chi connectivity index (χ1v) is 12.1. The van der Waals surface area contributed by atoms with Crippen LogP contribution >= 0.6 is 0 Å². The lowest BCUT2D eigenvalue weighted by Gasteiger charge is -2.11. The number of para-hydroxylation sites is 4. The van der Waals surface area contributed by atoms with Crippen LogP contribution in [0.15, 0.2) is 91.0 Å². The molecule has 172 valence electrons. The third-order valence-electron chi connectivity index (χ3n) is 6.86. The van der Waals surface area contributed by atoms with Gasteiger partial charge in [0, 0.05) is 27.9 Å². The molecule has 3 aromatic carbocycles. The third-order valence-corrected chi connectivity index (χ3v) is 6.86. The van der Waals surface area contributed by atoms with Crippen LogP contribution in [0.3, 0.4) is 0 Å². The Labute approximate surface area is 204 Å². The van der Waals surface area contributed by atoms with Crippen molar-refractivity contribution in [1.82, 2.24) is 18.5 Å². The highest BCUT2D eigenvalue weighted by atomic mass is 15.2. The van der Waals surface area contributed by atoms with E-state index in [4.69, 9.17) is 4.98 Å². The summed E-state index contributed by atoms with van der Waals surface area (Å²) in [6.07, 6.45) is 8.56. The molecule has 6 aromatic rings. The zero-order valence-corrected chi connectivity index (χ0v) is 20.5. The zero-order valence-electron chi connectivity index (χ0n) is 20.5. The van der Waals surface area contributed by atoms with Crippen molar-refractivity contribution >= 4 is 56.1 Å². The van der Waals surface area contributed by atoms with Gasteiger partial charge in [-0.05, 0) is 64.1 Å². The number of rotatable bonds is 4. The monoisotopic (exact) mass is 456 g/mol. The molecule has 3 heterocycles. The van der Waals surface area contributed by atoms with Gasteiger partial charge in [0.2, 0.25) is 5.78 Å². The second kappa shape index (κ2) is 8.17. The van der Waals surface area contributed by atoms with Gasteiger partial charge in [-0.3, -0.25) is 8.97 Å². The molecule has 35 heavy (non-hydrogen) atoms. The van der Waals surface area contributed by atoms with Crippen LogP contribution < -0.4 is 0 Å². The van der Waals surface area contributed by atoms with Crippen LogP contribution in [0.1, 0.15) is 32.2 Å². The lowest BCUT2D eigenvalue weighted by Crippen LogP contribution is -1.99. The smallest absolute Gasteiger partial charge is 0.220 e. The Kier molecular flexibility index (Phi) is 4.96. The van der Waals surface area contributed by atoms with Crippen LogP contribution in [-0.4, -0.2) is 18.5 Å². The van der Waals surface area contributed by atoms with E-state index in [0.29, 0.717) is 0 Å². The molecule has 0 bridgehead atoms. The highest BCUT2D eigenvalue weighted by Gasteiger charge is 2.18. The molecule has 3 aromatic heterocycles. The van der Waals surface area contributed by atoms with Gasteiger partial charge in [-0.25, -0.2) is 4.98 Å². The Morgan fingerprint density at radius 3 is 1.91 bits per heavy atom. The summed E-state index contributed by atoms with van der Waals surface area (Å²) < 4.78 is 6.89. The fourth-order valence-corrected chi connectivity index (χ4v) is 5.32. The maximum Gasteiger partial charge on any atom is 0.220 e. The van der Waals surface area contributed by atoms with Crippen molar-refractivity contribution in [3.63, 3.8) is 0 Å². The number of hydrogen-bond acceptors (Lipinski definition) is 1. The van der Waals surface area contributed by atoms with Gasteiger partial charge in [-0.1, -0.05) is 60.7 Å². The van der Waals surface area contributed by atoms with Crippen LogP contribution in [0.25, 0.3) is 56.1 Å². The number of benzene rings is 3. The molecule has 0 atom stereocenters. The topological polar surface area (TPSA) is 27.2 Å². The SMILES string of the molecule is C/C=C\c1nc2n(C(/C=C(\C)n3c4ccccc4c4ccccc43)=C/C)c3ccccc3n2c1C. The highest BCUT2D eigenvalue weighted by molar-refractivity contribution is 6.10. The summed E-state index contributed by atoms with van der Waals surface area (Å²) in [6, 6.07) is 25.8. The number of aryl methyl sites for hydroxylation is 1. The second-order valence-electron chi connectivity index (χ2n) is 8.91. The molecule has 0 N–H and O–H groups in total. The van der Waals surface area contributed by atoms with E-state index in [2.05, 4.69) is 125 Å². The van der Waals surface area contributed by atoms with E-state index >= 15 is 0 Å². The summed E-state index contributed by atoms with van der Waals surface area (Å²) in [6.45, 7) is 8.46. The lowest BCUT2D eigenvalue weighted by atomic mass is 10.2. The molecule has 0 saturated carbocycles. The van der Waals surface area contributed by atoms with Gasteiger partial charge in [0.15, 0.2) is 0 Å². The van der Waals surface area contributed by atoms with Gasteiger partial charge in [-0.2, -0.15) is 0 Å². The fourth-order valence-electron chi connectivity index (χ4n) is 5.32. The predicted octanol–water partition coefficient (Wildman–Crippen LogP) is 8.16. The van der Waals surface area contributed by atoms with E-state index in [1.165, 1.54) is 21.8 Å². The Bertz CT molecular complexity index is 1780. The van der Waals surface area contributed by atoms with Gasteiger partial charge >= 0.3 is 0 Å². The van der Waals surface area contributed by atoms with E-state index < -0.39 is 0 Å². The number of imidazole rings is 2. The van der Waals surface area contributed by atoms with Crippen LogP contribution in [0.2, 0.25) is 0 Å². The van der Waals surface area contributed by atoms with Crippen LogP contribution in [0.5, 0.6) is 0 Å². The van der Waals surface area contributed by atoms with Gasteiger partial charge in [0.1, 0.15) is 0 Å². The van der Waals surface area contributed by atoms with Crippen molar-refractivity contribution in [3.8, 4) is 0 Å². The molecular formula is C31H28N4. The van der Waals surface area contributed by atoms with Crippen molar-refractivity contribution in [2.24, 2.45) is 0 Å². The molecule has 0 unspecified atom stereocenters. The van der Waals surface area contributed by atoms with Gasteiger partial charge in [0.25, 0.3) is 0 Å². The predicted molar refractivity (Wildman–Crippen MR) is 149 cm³/mol. The van der Waals surface area contributed by atoms with Gasteiger partial charge in [-0.15, -0.1) is 0 Å². The summed E-state index contributed by atoms with van der Waals surface area (Å²) in [5.41, 5.74) is 9.12. The quantitative estimate of drug-likeness (QED) is 0.246. The molecule has 0 saturated heterocycles. The molecule has 0 spiro atoms. The molecule has 4 nitrogen and oxygen atoms in total. The van der Waals surface area contributed by atoms with E-state index in [1.54, 1.807) is 0 Å². The zero-order chi connectivity index (χ0) is 24.1. The molecule has 0 fully saturated rings. The van der Waals surface area contributed by atoms with Crippen LogP contribution in [0.4, 0.5) is 0 Å². The lowest BCUT2D eigenvalue weighted by molar-refractivity contribution is 1.11. The number of nitrogens with zero attached hydrogens (tertiary/aromatic N) is 4. The summed E-state index contributed by atoms with van der Waals surface area (Å²) in [4.78, 5) is 5.04. The minimum Gasteiger partial charge on any atom is -0.313 e. The number of allylic oxidation sites excluding steroid dienone is 5. The van der Waals surface area contributed by atoms with Crippen molar-refractivity contribution in [2.75, 3.05) is 0 Å². The minimum absolute atomic E-state index is 0.927. The maximum atomic E-state index is 5.04. The number of fused-ring (bicyclic) bond motifs is 6. The van der Waals surface area contributed by atoms with E-state index in [0.717, 1.165) is 39.6 Å². The van der Waals surface area contributed by atoms with E-state index in [1.807, 2.05) is 13.0 Å². The third kappa shape index (κ3) is 3.10. The molecule has 0 amide bonds. The second-order valence-corrected chi connectivity index (χ2v) is 8.91. The molecule has 0 radical (unpaired) electrons. The Balaban J connectivity index is 1.62. The molecule has 0 aliphatic rings. The number of aromatic nitrogens is 4. The van der Waals surface area contributed by atoms with E-state index in [9.17, 15) is 0 Å². The minimum atomic E-state index is 0.927. The first-order chi connectivity index (χ1) is 17.1. The average Bonchev–Trinajstić information content (AvgIpc) is 3.50. The fraction of sp³-hybridized carbons (Fsp3) is 0.129. The molecule has 0 aliphatic heterocycles. The van der Waals surface area contributed by atoms with Crippen LogP contribution in [0, 0.1) is 6.92 Å². The van der Waals surface area contributed by atoms with Crippen molar-refractivity contribution in [3.05, 3.63) is 102 Å². The summed E-state index contributed by atoms with van der Waals surface area (Å²) >= 11 is 0. The van der Waals surface area contributed by atoms with Crippen molar-refractivity contribution in [1.29, 1.82) is 0 Å². The summed E-state index contributed by atoms with van der Waals surface area (Å²) in [7, 11) is 0. The summed E-state index contributed by atoms with van der Waals surface area (Å²) in [5, 5.41) is 2.54. The van der Waals surface area contributed by atoms with E-state index in [-0.39, 0.29) is 0 Å². The van der Waals surface area contributed by atoms with Gasteiger partial charge in [0.05, 0.1) is 27.8 Å². The normalized spacial score (nSPS) is 13.4. The van der Waals surface area contributed by atoms with Gasteiger partial charge < -0.3 is 4.57 Å². The Morgan fingerprint density at radius 1 is 0.743 bits per heavy atom. The molecular weight excluding hydrogens is 428 g/mol. The highest BCUT2D eigenvalue weighted by Crippen LogP contribution is 2.33. The van der Waals surface area contributed by atoms with Crippen LogP contribution in [-0.2, 0) is 0 Å². The number of hydrogen-bond donors (Lipinski definition) is 0. The average molecular weight is 457 g/mol. The van der Waals surface area contributed by atoms with Crippen molar-refractivity contribution in [2.45, 2.75) is 27.7 Å². The standard InChI is InChI=1S/C31H28N4/c1-5-13-26-22(4)34-29-18-11-12-19-30(29)35(31(34)32-26)23(6-2)20-21(3)33-27-16-9-7-14-24(27)25-15-8-10-17-28(25)33/h5-20H,1-4H3/b13-5-,21-20+,23-6+. The summed E-state index contributed by atoms with van der Waals surface area (Å²) in [5.74, 6) is 0.927. The Morgan fingerprint density at radius 2 is 1.31 bits per heavy atom. The molecule has 0 aliphatic carbocycles. The molecule has 4 heteroatoms. The van der Waals surface area contributed by atoms with Crippen molar-refractivity contribution < 1.29 is 0 Å². The first-order valence-electron chi connectivity index (χ1n) is 12.1. The largest absolute Gasteiger partial charge is 0.313 e. The maximum absolute atomic E-state index is 5.04. The molecule has 6 rings (SSSR count). The Hall–Kier alpha value is -4.31. The first kappa shape index (κ1) is 21.2.